The summed E-state index contributed by atoms with van der Waals surface area (Å²) in [4.78, 5) is 4.89. The Morgan fingerprint density at radius 2 is 1.68 bits per heavy atom. The number of imidazole rings is 1. The maximum Gasteiger partial charge on any atom is 0.114 e. The first-order valence-corrected chi connectivity index (χ1v) is 7.78. The molecule has 0 aliphatic rings. The van der Waals surface area contributed by atoms with E-state index in [2.05, 4.69) is 56.5 Å². The van der Waals surface area contributed by atoms with E-state index in [4.69, 9.17) is 10.7 Å². The highest BCUT2D eigenvalue weighted by molar-refractivity contribution is 5.78. The van der Waals surface area contributed by atoms with E-state index < -0.39 is 0 Å². The summed E-state index contributed by atoms with van der Waals surface area (Å²) in [5.74, 6) is 1.11. The van der Waals surface area contributed by atoms with Crippen LogP contribution in [-0.4, -0.2) is 9.55 Å². The van der Waals surface area contributed by atoms with Crippen molar-refractivity contribution >= 4 is 16.7 Å². The van der Waals surface area contributed by atoms with Crippen LogP contribution in [-0.2, 0) is 6.42 Å². The fourth-order valence-electron chi connectivity index (χ4n) is 2.92. The van der Waals surface area contributed by atoms with Gasteiger partial charge in [0.1, 0.15) is 5.82 Å². The molecule has 0 aliphatic carbocycles. The predicted molar refractivity (Wildman–Crippen MR) is 93.3 cm³/mol. The number of rotatable bonds is 3. The average Bonchev–Trinajstić information content (AvgIpc) is 2.79. The summed E-state index contributed by atoms with van der Waals surface area (Å²) in [6.45, 7) is 8.72. The molecule has 0 spiro atoms. The molecule has 114 valence electrons. The highest BCUT2D eigenvalue weighted by atomic mass is 15.1. The van der Waals surface area contributed by atoms with E-state index >= 15 is 0 Å². The van der Waals surface area contributed by atoms with Gasteiger partial charge in [-0.05, 0) is 68.7 Å². The van der Waals surface area contributed by atoms with Crippen LogP contribution in [0.5, 0.6) is 0 Å². The molecule has 3 heteroatoms. The van der Waals surface area contributed by atoms with Crippen molar-refractivity contribution in [3.63, 3.8) is 0 Å². The van der Waals surface area contributed by atoms with Gasteiger partial charge in [-0.15, -0.1) is 0 Å². The predicted octanol–water partition coefficient (Wildman–Crippen LogP) is 4.41. The number of benzene rings is 2. The van der Waals surface area contributed by atoms with Crippen molar-refractivity contribution in [1.82, 2.24) is 9.55 Å². The second kappa shape index (κ2) is 5.48. The van der Waals surface area contributed by atoms with E-state index in [0.29, 0.717) is 6.04 Å². The summed E-state index contributed by atoms with van der Waals surface area (Å²) in [6.07, 6.45) is 0.825. The minimum absolute atomic E-state index is 0.385. The van der Waals surface area contributed by atoms with Crippen molar-refractivity contribution < 1.29 is 0 Å². The number of nitrogens with zero attached hydrogens (tertiary/aromatic N) is 2. The Bertz CT molecular complexity index is 811. The summed E-state index contributed by atoms with van der Waals surface area (Å²) in [5, 5.41) is 0. The topological polar surface area (TPSA) is 43.8 Å². The number of nitrogens with two attached hydrogens (primary N) is 1. The number of hydrogen-bond donors (Lipinski definition) is 1. The zero-order valence-electron chi connectivity index (χ0n) is 13.7. The third-order valence-electron chi connectivity index (χ3n) is 4.24. The summed E-state index contributed by atoms with van der Waals surface area (Å²) in [7, 11) is 0. The smallest absolute Gasteiger partial charge is 0.114 e. The maximum atomic E-state index is 5.77. The highest BCUT2D eigenvalue weighted by Crippen LogP contribution is 2.25. The fraction of sp³-hybridized carbons (Fsp3) is 0.316. The highest BCUT2D eigenvalue weighted by Gasteiger charge is 2.14. The van der Waals surface area contributed by atoms with E-state index in [9.17, 15) is 0 Å². The van der Waals surface area contributed by atoms with Crippen LogP contribution in [0.4, 0.5) is 5.69 Å². The number of fused-ring (bicyclic) bond motifs is 1. The van der Waals surface area contributed by atoms with Crippen molar-refractivity contribution in [2.24, 2.45) is 0 Å². The van der Waals surface area contributed by atoms with E-state index in [1.807, 2.05) is 12.1 Å². The first kappa shape index (κ1) is 14.6. The van der Waals surface area contributed by atoms with Gasteiger partial charge < -0.3 is 10.3 Å². The molecule has 1 heterocycles. The number of nitrogen functional groups attached to an aromatic ring is 1. The lowest BCUT2D eigenvalue weighted by Crippen LogP contribution is -2.07. The van der Waals surface area contributed by atoms with Crippen molar-refractivity contribution in [1.29, 1.82) is 0 Å². The van der Waals surface area contributed by atoms with E-state index in [0.717, 1.165) is 23.4 Å². The van der Waals surface area contributed by atoms with Crippen molar-refractivity contribution in [3.05, 3.63) is 58.9 Å². The molecule has 22 heavy (non-hydrogen) atoms. The maximum absolute atomic E-state index is 5.77. The van der Waals surface area contributed by atoms with Crippen LogP contribution >= 0.6 is 0 Å². The fourth-order valence-corrected chi connectivity index (χ4v) is 2.92. The lowest BCUT2D eigenvalue weighted by atomic mass is 10.1. The summed E-state index contributed by atoms with van der Waals surface area (Å²) >= 11 is 0. The van der Waals surface area contributed by atoms with Crippen LogP contribution in [0.2, 0.25) is 0 Å². The van der Waals surface area contributed by atoms with E-state index in [-0.39, 0.29) is 0 Å². The van der Waals surface area contributed by atoms with Gasteiger partial charge >= 0.3 is 0 Å². The van der Waals surface area contributed by atoms with E-state index in [1.165, 1.54) is 22.2 Å². The molecule has 3 rings (SSSR count). The lowest BCUT2D eigenvalue weighted by molar-refractivity contribution is 0.591. The van der Waals surface area contributed by atoms with Crippen LogP contribution in [0.3, 0.4) is 0 Å². The molecule has 2 aromatic carbocycles. The zero-order chi connectivity index (χ0) is 15.9. The Labute approximate surface area is 131 Å². The standard InChI is InChI=1S/C19H23N3/c1-12(2)22-18-10-14(4)13(3)9-17(18)21-19(22)11-15-5-7-16(20)8-6-15/h5-10,12H,11,20H2,1-4H3. The van der Waals surface area contributed by atoms with Crippen LogP contribution < -0.4 is 5.73 Å². The lowest BCUT2D eigenvalue weighted by Gasteiger charge is -2.14. The number of aromatic nitrogens is 2. The molecule has 1 aromatic heterocycles. The van der Waals surface area contributed by atoms with Crippen LogP contribution in [0.1, 0.15) is 42.4 Å². The largest absolute Gasteiger partial charge is 0.399 e. The van der Waals surface area contributed by atoms with Crippen LogP contribution in [0.25, 0.3) is 11.0 Å². The monoisotopic (exact) mass is 293 g/mol. The van der Waals surface area contributed by atoms with Gasteiger partial charge in [0.25, 0.3) is 0 Å². The van der Waals surface area contributed by atoms with E-state index in [1.54, 1.807) is 0 Å². The van der Waals surface area contributed by atoms with Gasteiger partial charge in [0.2, 0.25) is 0 Å². The normalized spacial score (nSPS) is 11.5. The summed E-state index contributed by atoms with van der Waals surface area (Å²) < 4.78 is 2.35. The Hall–Kier alpha value is -2.29. The molecule has 0 radical (unpaired) electrons. The third-order valence-corrected chi connectivity index (χ3v) is 4.24. The number of hydrogen-bond acceptors (Lipinski definition) is 2. The second-order valence-corrected chi connectivity index (χ2v) is 6.34. The van der Waals surface area contributed by atoms with Gasteiger partial charge in [-0.3, -0.25) is 0 Å². The van der Waals surface area contributed by atoms with Gasteiger partial charge in [0.15, 0.2) is 0 Å². The molecule has 0 saturated heterocycles. The molecule has 0 atom stereocenters. The minimum Gasteiger partial charge on any atom is -0.399 e. The Kier molecular flexibility index (Phi) is 3.65. The molecule has 3 aromatic rings. The molecule has 0 unspecified atom stereocenters. The third kappa shape index (κ3) is 2.59. The molecule has 0 aliphatic heterocycles. The van der Waals surface area contributed by atoms with Crippen molar-refractivity contribution in [2.45, 2.75) is 40.2 Å². The molecule has 0 amide bonds. The van der Waals surface area contributed by atoms with Crippen LogP contribution in [0.15, 0.2) is 36.4 Å². The number of anilines is 1. The Balaban J connectivity index is 2.11. The van der Waals surface area contributed by atoms with Gasteiger partial charge in [-0.25, -0.2) is 4.98 Å². The zero-order valence-corrected chi connectivity index (χ0v) is 13.7. The first-order valence-electron chi connectivity index (χ1n) is 7.78. The Morgan fingerprint density at radius 3 is 2.32 bits per heavy atom. The number of aryl methyl sites for hydroxylation is 2. The van der Waals surface area contributed by atoms with Crippen molar-refractivity contribution in [3.8, 4) is 0 Å². The summed E-state index contributed by atoms with van der Waals surface area (Å²) in [5.41, 5.74) is 12.7. The first-order chi connectivity index (χ1) is 10.5. The molecule has 0 fully saturated rings. The van der Waals surface area contributed by atoms with Gasteiger partial charge in [0, 0.05) is 18.2 Å². The molecule has 0 saturated carbocycles. The van der Waals surface area contributed by atoms with Crippen molar-refractivity contribution in [2.75, 3.05) is 5.73 Å². The molecule has 0 bridgehead atoms. The van der Waals surface area contributed by atoms with Crippen LogP contribution in [0, 0.1) is 13.8 Å². The summed E-state index contributed by atoms with van der Waals surface area (Å²) in [6, 6.07) is 12.9. The minimum atomic E-state index is 0.385. The quantitative estimate of drug-likeness (QED) is 0.727. The Morgan fingerprint density at radius 1 is 1.05 bits per heavy atom. The average molecular weight is 293 g/mol. The molecular weight excluding hydrogens is 270 g/mol. The SMILES string of the molecule is Cc1cc2nc(Cc3ccc(N)cc3)n(C(C)C)c2cc1C. The van der Waals surface area contributed by atoms with Gasteiger partial charge in [-0.2, -0.15) is 0 Å². The molecular formula is C19H23N3. The molecule has 2 N–H and O–H groups in total. The second-order valence-electron chi connectivity index (χ2n) is 6.34. The molecule has 3 nitrogen and oxygen atoms in total. The van der Waals surface area contributed by atoms with Gasteiger partial charge in [0.05, 0.1) is 11.0 Å². The van der Waals surface area contributed by atoms with Gasteiger partial charge in [-0.1, -0.05) is 12.1 Å².